The molecule has 0 unspecified atom stereocenters. The van der Waals surface area contributed by atoms with E-state index in [0.29, 0.717) is 20.6 Å². The van der Waals surface area contributed by atoms with E-state index in [1.165, 1.54) is 18.4 Å². The highest BCUT2D eigenvalue weighted by atomic mass is 32.1. The number of benzene rings is 1. The van der Waals surface area contributed by atoms with Crippen LogP contribution in [0.15, 0.2) is 36.4 Å². The summed E-state index contributed by atoms with van der Waals surface area (Å²) in [6, 6.07) is 11.6. The maximum atomic E-state index is 12.7. The molecule has 0 fully saturated rings. The van der Waals surface area contributed by atoms with Crippen LogP contribution in [0.25, 0.3) is 15.9 Å². The zero-order chi connectivity index (χ0) is 19.8. The number of rotatable bonds is 4. The molecule has 0 atom stereocenters. The number of thiazole rings is 1. The van der Waals surface area contributed by atoms with Crippen LogP contribution in [0.5, 0.6) is 0 Å². The van der Waals surface area contributed by atoms with Crippen molar-refractivity contribution >= 4 is 49.9 Å². The highest BCUT2D eigenvalue weighted by Gasteiger charge is 2.20. The lowest BCUT2D eigenvalue weighted by Crippen LogP contribution is -2.09. The Bertz CT molecular complexity index is 1190. The van der Waals surface area contributed by atoms with E-state index in [0.717, 1.165) is 32.9 Å². The Morgan fingerprint density at radius 3 is 2.57 bits per heavy atom. The summed E-state index contributed by atoms with van der Waals surface area (Å²) < 4.78 is 6.57. The first kappa shape index (κ1) is 18.3. The van der Waals surface area contributed by atoms with Crippen LogP contribution < -0.4 is 5.32 Å². The number of hydrogen-bond donors (Lipinski definition) is 1. The van der Waals surface area contributed by atoms with Gasteiger partial charge >= 0.3 is 5.97 Å². The third-order valence-corrected chi connectivity index (χ3v) is 6.32. The van der Waals surface area contributed by atoms with E-state index in [-0.39, 0.29) is 5.91 Å². The van der Waals surface area contributed by atoms with Crippen LogP contribution >= 0.6 is 22.7 Å². The number of hydrogen-bond acceptors (Lipinski definition) is 7. The van der Waals surface area contributed by atoms with E-state index in [2.05, 4.69) is 15.4 Å². The van der Waals surface area contributed by atoms with E-state index >= 15 is 0 Å². The summed E-state index contributed by atoms with van der Waals surface area (Å²) in [6.07, 6.45) is 0. The third kappa shape index (κ3) is 3.19. The molecule has 0 radical (unpaired) electrons. The number of aromatic nitrogens is 3. The van der Waals surface area contributed by atoms with E-state index in [1.807, 2.05) is 48.0 Å². The van der Waals surface area contributed by atoms with Crippen molar-refractivity contribution in [2.45, 2.75) is 13.8 Å². The van der Waals surface area contributed by atoms with Crippen molar-refractivity contribution in [3.05, 3.63) is 57.5 Å². The Morgan fingerprint density at radius 1 is 1.11 bits per heavy atom. The SMILES string of the molecule is COC(=O)c1sc(NC(=O)c2cc3c(C)nn(-c4ccccc4)c3s2)nc1C. The minimum absolute atomic E-state index is 0.273. The molecular weight excluding hydrogens is 396 g/mol. The van der Waals surface area contributed by atoms with Crippen LogP contribution in [0.2, 0.25) is 0 Å². The van der Waals surface area contributed by atoms with Gasteiger partial charge in [0.15, 0.2) is 5.13 Å². The monoisotopic (exact) mass is 412 g/mol. The third-order valence-electron chi connectivity index (χ3n) is 4.16. The molecule has 1 N–H and O–H groups in total. The molecule has 7 nitrogen and oxygen atoms in total. The number of aryl methyl sites for hydroxylation is 2. The average molecular weight is 412 g/mol. The van der Waals surface area contributed by atoms with Gasteiger partial charge in [0, 0.05) is 5.39 Å². The van der Waals surface area contributed by atoms with Crippen molar-refractivity contribution in [3.8, 4) is 5.69 Å². The summed E-state index contributed by atoms with van der Waals surface area (Å²) in [4.78, 5) is 30.5. The first-order valence-electron chi connectivity index (χ1n) is 8.39. The summed E-state index contributed by atoms with van der Waals surface area (Å²) in [5.41, 5.74) is 2.32. The Kier molecular flexibility index (Phi) is 4.70. The van der Waals surface area contributed by atoms with Crippen LogP contribution in [0.4, 0.5) is 5.13 Å². The molecule has 0 aliphatic carbocycles. The molecule has 142 valence electrons. The maximum Gasteiger partial charge on any atom is 0.350 e. The zero-order valence-electron chi connectivity index (χ0n) is 15.3. The fourth-order valence-electron chi connectivity index (χ4n) is 2.79. The van der Waals surface area contributed by atoms with Crippen molar-refractivity contribution in [3.63, 3.8) is 0 Å². The molecule has 1 aromatic carbocycles. The second kappa shape index (κ2) is 7.17. The predicted molar refractivity (Wildman–Crippen MR) is 110 cm³/mol. The number of nitrogens with one attached hydrogen (secondary N) is 1. The van der Waals surface area contributed by atoms with E-state index in [9.17, 15) is 9.59 Å². The minimum atomic E-state index is -0.462. The van der Waals surface area contributed by atoms with Gasteiger partial charge in [-0.3, -0.25) is 10.1 Å². The minimum Gasteiger partial charge on any atom is -0.465 e. The molecule has 1 amide bonds. The molecule has 4 aromatic rings. The Hall–Kier alpha value is -3.04. The predicted octanol–water partition coefficient (Wildman–Crippen LogP) is 4.20. The van der Waals surface area contributed by atoms with E-state index in [4.69, 9.17) is 4.74 Å². The molecule has 0 saturated heterocycles. The van der Waals surface area contributed by atoms with E-state index in [1.54, 1.807) is 6.92 Å². The van der Waals surface area contributed by atoms with Gasteiger partial charge in [0.25, 0.3) is 5.91 Å². The lowest BCUT2D eigenvalue weighted by Gasteiger charge is -2.01. The number of amides is 1. The molecule has 0 saturated carbocycles. The quantitative estimate of drug-likeness (QED) is 0.508. The van der Waals surface area contributed by atoms with Crippen molar-refractivity contribution in [1.29, 1.82) is 0 Å². The second-order valence-electron chi connectivity index (χ2n) is 6.04. The number of para-hydroxylation sites is 1. The topological polar surface area (TPSA) is 86.1 Å². The number of ether oxygens (including phenoxy) is 1. The van der Waals surface area contributed by atoms with Gasteiger partial charge in [-0.2, -0.15) is 5.10 Å². The zero-order valence-corrected chi connectivity index (χ0v) is 17.0. The molecule has 3 heterocycles. The van der Waals surface area contributed by atoms with Gasteiger partial charge in [-0.15, -0.1) is 11.3 Å². The number of methoxy groups -OCH3 is 1. The van der Waals surface area contributed by atoms with Crippen LogP contribution in [-0.2, 0) is 4.74 Å². The smallest absolute Gasteiger partial charge is 0.350 e. The first-order chi connectivity index (χ1) is 13.5. The largest absolute Gasteiger partial charge is 0.465 e. The van der Waals surface area contributed by atoms with Crippen LogP contribution in [0.3, 0.4) is 0 Å². The van der Waals surface area contributed by atoms with Crippen LogP contribution in [0, 0.1) is 13.8 Å². The normalized spacial score (nSPS) is 11.0. The number of esters is 1. The molecule has 4 rings (SSSR count). The number of thiophene rings is 1. The molecule has 28 heavy (non-hydrogen) atoms. The maximum absolute atomic E-state index is 12.7. The second-order valence-corrected chi connectivity index (χ2v) is 8.07. The van der Waals surface area contributed by atoms with Gasteiger partial charge in [-0.25, -0.2) is 14.5 Å². The fourth-order valence-corrected chi connectivity index (χ4v) is 4.75. The van der Waals surface area contributed by atoms with Crippen molar-refractivity contribution in [2.24, 2.45) is 0 Å². The van der Waals surface area contributed by atoms with Crippen LogP contribution in [-0.4, -0.2) is 33.8 Å². The molecule has 0 bridgehead atoms. The Balaban J connectivity index is 1.65. The molecule has 9 heteroatoms. The van der Waals surface area contributed by atoms with E-state index < -0.39 is 5.97 Å². The van der Waals surface area contributed by atoms with Gasteiger partial charge < -0.3 is 4.74 Å². The summed E-state index contributed by atoms with van der Waals surface area (Å²) in [6.45, 7) is 3.62. The number of anilines is 1. The molecule has 3 aromatic heterocycles. The number of fused-ring (bicyclic) bond motifs is 1. The molecular formula is C19H16N4O3S2. The fraction of sp³-hybridized carbons (Fsp3) is 0.158. The first-order valence-corrected chi connectivity index (χ1v) is 10.0. The highest BCUT2D eigenvalue weighted by Crippen LogP contribution is 2.31. The van der Waals surface area contributed by atoms with Gasteiger partial charge in [-0.1, -0.05) is 29.5 Å². The lowest BCUT2D eigenvalue weighted by atomic mass is 10.3. The van der Waals surface area contributed by atoms with Gasteiger partial charge in [0.05, 0.1) is 29.1 Å². The van der Waals surface area contributed by atoms with Gasteiger partial charge in [0.2, 0.25) is 0 Å². The summed E-state index contributed by atoms with van der Waals surface area (Å²) in [7, 11) is 1.31. The summed E-state index contributed by atoms with van der Waals surface area (Å²) in [5, 5.41) is 8.65. The number of carbonyl (C=O) groups excluding carboxylic acids is 2. The van der Waals surface area contributed by atoms with Crippen molar-refractivity contribution in [1.82, 2.24) is 14.8 Å². The van der Waals surface area contributed by atoms with Gasteiger partial charge in [-0.05, 0) is 32.0 Å². The lowest BCUT2D eigenvalue weighted by molar-refractivity contribution is 0.0605. The molecule has 0 aliphatic heterocycles. The standard InChI is InChI=1S/C19H16N4O3S2/c1-10-13-9-14(27-17(13)23(22-10)12-7-5-4-6-8-12)16(24)21-19-20-11(2)15(28-19)18(25)26-3/h4-9H,1-3H3,(H,20,21,24). The summed E-state index contributed by atoms with van der Waals surface area (Å²) in [5.74, 6) is -0.735. The Morgan fingerprint density at radius 2 is 1.86 bits per heavy atom. The highest BCUT2D eigenvalue weighted by molar-refractivity contribution is 7.21. The van der Waals surface area contributed by atoms with Crippen molar-refractivity contribution < 1.29 is 14.3 Å². The Labute approximate surface area is 168 Å². The van der Waals surface area contributed by atoms with Gasteiger partial charge in [0.1, 0.15) is 9.71 Å². The summed E-state index contributed by atoms with van der Waals surface area (Å²) >= 11 is 2.46. The molecule has 0 aliphatic rings. The molecule has 0 spiro atoms. The average Bonchev–Trinajstić information content (AvgIpc) is 3.37. The van der Waals surface area contributed by atoms with Crippen molar-refractivity contribution in [2.75, 3.05) is 12.4 Å². The number of carbonyl (C=O) groups is 2. The number of nitrogens with zero attached hydrogens (tertiary/aromatic N) is 3. The van der Waals surface area contributed by atoms with Crippen LogP contribution in [0.1, 0.15) is 30.7 Å².